The van der Waals surface area contributed by atoms with Gasteiger partial charge in [-0.2, -0.15) is 0 Å². The second kappa shape index (κ2) is 8.24. The SMILES string of the molecule is C#Cc1cccc(C#CC(C2CCCCC2)N2CCCCC2)c1. The highest BCUT2D eigenvalue weighted by Crippen LogP contribution is 2.30. The molecule has 1 aromatic rings. The number of hydrogen-bond acceptors (Lipinski definition) is 1. The zero-order valence-electron chi connectivity index (χ0n) is 14.1. The summed E-state index contributed by atoms with van der Waals surface area (Å²) < 4.78 is 0. The fourth-order valence-electron chi connectivity index (χ4n) is 4.00. The van der Waals surface area contributed by atoms with Crippen LogP contribution in [0.2, 0.25) is 0 Å². The smallest absolute Gasteiger partial charge is 0.0746 e. The lowest BCUT2D eigenvalue weighted by atomic mass is 9.82. The minimum atomic E-state index is 0.435. The second-order valence-corrected chi connectivity index (χ2v) is 6.93. The Morgan fingerprint density at radius 1 is 0.957 bits per heavy atom. The molecule has 1 atom stereocenters. The van der Waals surface area contributed by atoms with Crippen LogP contribution in [-0.4, -0.2) is 24.0 Å². The van der Waals surface area contributed by atoms with Crippen molar-refractivity contribution in [2.45, 2.75) is 57.4 Å². The summed E-state index contributed by atoms with van der Waals surface area (Å²) in [5.74, 6) is 10.5. The Labute approximate surface area is 141 Å². The lowest BCUT2D eigenvalue weighted by Crippen LogP contribution is -2.43. The van der Waals surface area contributed by atoms with Gasteiger partial charge in [-0.1, -0.05) is 49.5 Å². The highest BCUT2D eigenvalue weighted by atomic mass is 15.2. The van der Waals surface area contributed by atoms with Crippen LogP contribution in [0.1, 0.15) is 62.5 Å². The minimum Gasteiger partial charge on any atom is -0.290 e. The van der Waals surface area contributed by atoms with Gasteiger partial charge in [0.1, 0.15) is 0 Å². The van der Waals surface area contributed by atoms with E-state index in [-0.39, 0.29) is 0 Å². The van der Waals surface area contributed by atoms with E-state index < -0.39 is 0 Å². The van der Waals surface area contributed by atoms with Gasteiger partial charge in [0.2, 0.25) is 0 Å². The van der Waals surface area contributed by atoms with Crippen LogP contribution < -0.4 is 0 Å². The largest absolute Gasteiger partial charge is 0.290 e. The molecule has 0 aromatic heterocycles. The van der Waals surface area contributed by atoms with Crippen molar-refractivity contribution in [1.82, 2.24) is 4.90 Å². The van der Waals surface area contributed by atoms with Crippen LogP contribution in [0.15, 0.2) is 24.3 Å². The van der Waals surface area contributed by atoms with E-state index in [1.165, 1.54) is 64.5 Å². The molecule has 1 aliphatic carbocycles. The highest BCUT2D eigenvalue weighted by Gasteiger charge is 2.28. The number of likely N-dealkylation sites (tertiary alicyclic amines) is 1. The molecule has 0 amide bonds. The van der Waals surface area contributed by atoms with Crippen molar-refractivity contribution in [1.29, 1.82) is 0 Å². The first kappa shape index (κ1) is 16.2. The monoisotopic (exact) mass is 305 g/mol. The predicted molar refractivity (Wildman–Crippen MR) is 97.0 cm³/mol. The first-order valence-electron chi connectivity index (χ1n) is 9.19. The third-order valence-electron chi connectivity index (χ3n) is 5.27. The lowest BCUT2D eigenvalue weighted by molar-refractivity contribution is 0.133. The molecule has 3 rings (SSSR count). The minimum absolute atomic E-state index is 0.435. The van der Waals surface area contributed by atoms with Crippen molar-refractivity contribution in [2.75, 3.05) is 13.1 Å². The van der Waals surface area contributed by atoms with Crippen molar-refractivity contribution in [2.24, 2.45) is 5.92 Å². The molecule has 1 aliphatic heterocycles. The van der Waals surface area contributed by atoms with Crippen molar-refractivity contribution in [3.63, 3.8) is 0 Å². The molecule has 1 saturated heterocycles. The summed E-state index contributed by atoms with van der Waals surface area (Å²) in [6, 6.07) is 8.51. The summed E-state index contributed by atoms with van der Waals surface area (Å²) in [6.45, 7) is 2.44. The fraction of sp³-hybridized carbons (Fsp3) is 0.545. The van der Waals surface area contributed by atoms with Gasteiger partial charge in [0, 0.05) is 11.1 Å². The van der Waals surface area contributed by atoms with E-state index in [1.807, 2.05) is 18.2 Å². The van der Waals surface area contributed by atoms with Gasteiger partial charge < -0.3 is 0 Å². The van der Waals surface area contributed by atoms with Crippen molar-refractivity contribution in [3.8, 4) is 24.2 Å². The number of piperidine rings is 1. The van der Waals surface area contributed by atoms with Crippen molar-refractivity contribution < 1.29 is 0 Å². The number of hydrogen-bond donors (Lipinski definition) is 0. The van der Waals surface area contributed by atoms with Crippen LogP contribution in [0, 0.1) is 30.1 Å². The van der Waals surface area contributed by atoms with Crippen LogP contribution in [0.3, 0.4) is 0 Å². The molecule has 1 saturated carbocycles. The molecule has 0 N–H and O–H groups in total. The molecule has 23 heavy (non-hydrogen) atoms. The Hall–Kier alpha value is -1.70. The van der Waals surface area contributed by atoms with E-state index in [2.05, 4.69) is 28.7 Å². The van der Waals surface area contributed by atoms with Gasteiger partial charge in [0.25, 0.3) is 0 Å². The maximum absolute atomic E-state index is 5.50. The molecule has 1 unspecified atom stereocenters. The summed E-state index contributed by atoms with van der Waals surface area (Å²) >= 11 is 0. The van der Waals surface area contributed by atoms with E-state index in [0.29, 0.717) is 6.04 Å². The van der Waals surface area contributed by atoms with E-state index in [0.717, 1.165) is 17.0 Å². The summed E-state index contributed by atoms with van der Waals surface area (Å²) in [5.41, 5.74) is 1.97. The number of nitrogens with zero attached hydrogens (tertiary/aromatic N) is 1. The first-order valence-corrected chi connectivity index (χ1v) is 9.19. The molecule has 120 valence electrons. The fourth-order valence-corrected chi connectivity index (χ4v) is 4.00. The van der Waals surface area contributed by atoms with Gasteiger partial charge >= 0.3 is 0 Å². The van der Waals surface area contributed by atoms with Crippen LogP contribution in [0.25, 0.3) is 0 Å². The molecular weight excluding hydrogens is 278 g/mol. The zero-order chi connectivity index (χ0) is 15.9. The van der Waals surface area contributed by atoms with Crippen LogP contribution in [0.4, 0.5) is 0 Å². The Balaban J connectivity index is 1.80. The molecule has 0 radical (unpaired) electrons. The van der Waals surface area contributed by atoms with Gasteiger partial charge in [0.15, 0.2) is 0 Å². The summed E-state index contributed by atoms with van der Waals surface area (Å²) in [4.78, 5) is 2.65. The molecule has 1 nitrogen and oxygen atoms in total. The quantitative estimate of drug-likeness (QED) is 0.729. The molecular formula is C22H27N. The van der Waals surface area contributed by atoms with Gasteiger partial charge in [-0.25, -0.2) is 0 Å². The molecule has 2 aliphatic rings. The standard InChI is InChI=1S/C22H27N/c1-2-19-10-9-11-20(18-19)14-15-22(21-12-5-3-6-13-21)23-16-7-4-8-17-23/h1,9-11,18,21-22H,3-8,12-13,16-17H2. The molecule has 0 bridgehead atoms. The maximum Gasteiger partial charge on any atom is 0.0746 e. The van der Waals surface area contributed by atoms with E-state index in [1.54, 1.807) is 0 Å². The first-order chi connectivity index (χ1) is 11.4. The highest BCUT2D eigenvalue weighted by molar-refractivity contribution is 5.43. The Bertz CT molecular complexity index is 583. The predicted octanol–water partition coefficient (Wildman–Crippen LogP) is 4.45. The Morgan fingerprint density at radius 3 is 2.39 bits per heavy atom. The summed E-state index contributed by atoms with van der Waals surface area (Å²) in [7, 11) is 0. The number of rotatable bonds is 2. The van der Waals surface area contributed by atoms with E-state index in [9.17, 15) is 0 Å². The Kier molecular flexibility index (Phi) is 5.79. The van der Waals surface area contributed by atoms with Crippen molar-refractivity contribution in [3.05, 3.63) is 35.4 Å². The topological polar surface area (TPSA) is 3.24 Å². The molecule has 1 heterocycles. The van der Waals surface area contributed by atoms with Crippen molar-refractivity contribution >= 4 is 0 Å². The van der Waals surface area contributed by atoms with Gasteiger partial charge in [-0.15, -0.1) is 6.42 Å². The summed E-state index contributed by atoms with van der Waals surface area (Å²) in [5, 5.41) is 0. The van der Waals surface area contributed by atoms with Crippen LogP contribution in [-0.2, 0) is 0 Å². The third kappa shape index (κ3) is 4.40. The van der Waals surface area contributed by atoms with E-state index in [4.69, 9.17) is 6.42 Å². The van der Waals surface area contributed by atoms with Crippen LogP contribution >= 0.6 is 0 Å². The zero-order valence-corrected chi connectivity index (χ0v) is 14.1. The molecule has 1 heteroatoms. The second-order valence-electron chi connectivity index (χ2n) is 6.93. The summed E-state index contributed by atoms with van der Waals surface area (Å²) in [6.07, 6.45) is 16.4. The van der Waals surface area contributed by atoms with Gasteiger partial charge in [-0.05, 0) is 62.9 Å². The lowest BCUT2D eigenvalue weighted by Gasteiger charge is -2.37. The maximum atomic E-state index is 5.50. The average Bonchev–Trinajstić information content (AvgIpc) is 2.64. The molecule has 2 fully saturated rings. The number of benzene rings is 1. The number of terminal acetylenes is 1. The van der Waals surface area contributed by atoms with E-state index >= 15 is 0 Å². The molecule has 0 spiro atoms. The molecule has 1 aromatic carbocycles. The normalized spacial score (nSPS) is 21.0. The Morgan fingerprint density at radius 2 is 1.65 bits per heavy atom. The van der Waals surface area contributed by atoms with Crippen LogP contribution in [0.5, 0.6) is 0 Å². The van der Waals surface area contributed by atoms with Gasteiger partial charge in [0.05, 0.1) is 6.04 Å². The third-order valence-corrected chi connectivity index (χ3v) is 5.27. The average molecular weight is 305 g/mol. The van der Waals surface area contributed by atoms with Gasteiger partial charge in [-0.3, -0.25) is 4.90 Å².